The minimum absolute atomic E-state index is 0.0713. The number of likely N-dealkylation sites (tertiary alicyclic amines) is 1. The smallest absolute Gasteiger partial charge is 0.317 e. The van der Waals surface area contributed by atoms with Gasteiger partial charge in [0.25, 0.3) is 0 Å². The fraction of sp³-hybridized carbons (Fsp3) is 0.579. The topological polar surface area (TPSA) is 69.6 Å². The number of urea groups is 1. The first kappa shape index (κ1) is 18.3. The molecule has 0 radical (unpaired) electrons. The molecule has 0 spiro atoms. The molecule has 1 heterocycles. The van der Waals surface area contributed by atoms with Crippen LogP contribution in [0.2, 0.25) is 0 Å². The molecule has 1 fully saturated rings. The first-order chi connectivity index (χ1) is 11.5. The molecule has 1 aliphatic heterocycles. The number of nitrogens with one attached hydrogen (secondary N) is 1. The number of aliphatic carboxylic acids is 1. The molecular formula is C19H28N2O3. The highest BCUT2D eigenvalue weighted by atomic mass is 16.4. The van der Waals surface area contributed by atoms with Gasteiger partial charge < -0.3 is 15.3 Å². The molecule has 0 bridgehead atoms. The highest BCUT2D eigenvalue weighted by molar-refractivity contribution is 5.74. The van der Waals surface area contributed by atoms with E-state index in [1.165, 1.54) is 11.1 Å². The van der Waals surface area contributed by atoms with Gasteiger partial charge in [-0.15, -0.1) is 0 Å². The second-order valence-corrected chi connectivity index (χ2v) is 6.93. The van der Waals surface area contributed by atoms with Crippen LogP contribution in [0.1, 0.15) is 50.2 Å². The van der Waals surface area contributed by atoms with Gasteiger partial charge in [-0.1, -0.05) is 38.1 Å². The van der Waals surface area contributed by atoms with Gasteiger partial charge >= 0.3 is 12.0 Å². The van der Waals surface area contributed by atoms with Crippen LogP contribution in [-0.4, -0.2) is 41.6 Å². The normalized spacial score (nSPS) is 17.3. The summed E-state index contributed by atoms with van der Waals surface area (Å²) < 4.78 is 0. The van der Waals surface area contributed by atoms with E-state index in [1.807, 2.05) is 4.90 Å². The monoisotopic (exact) mass is 332 g/mol. The fourth-order valence-corrected chi connectivity index (χ4v) is 3.10. The molecule has 1 atom stereocenters. The zero-order valence-corrected chi connectivity index (χ0v) is 14.6. The maximum Gasteiger partial charge on any atom is 0.317 e. The number of hydrogen-bond donors (Lipinski definition) is 2. The number of carbonyl (C=O) groups is 2. The van der Waals surface area contributed by atoms with E-state index in [-0.39, 0.29) is 12.5 Å². The van der Waals surface area contributed by atoms with E-state index in [9.17, 15) is 9.59 Å². The van der Waals surface area contributed by atoms with E-state index in [4.69, 9.17) is 5.11 Å². The molecule has 0 saturated carbocycles. The number of carboxylic acids is 1. The standard InChI is InChI=1S/C19H28N2O3/c1-14(2)17-7-5-15(6-8-17)12-16-9-11-21(13-16)19(24)20-10-3-4-18(22)23/h5-8,14,16H,3-4,9-13H2,1-2H3,(H,20,24)(H,22,23). The van der Waals surface area contributed by atoms with Gasteiger partial charge in [-0.2, -0.15) is 0 Å². The lowest BCUT2D eigenvalue weighted by Crippen LogP contribution is -2.39. The zero-order chi connectivity index (χ0) is 17.5. The molecule has 1 saturated heterocycles. The molecule has 1 aromatic carbocycles. The van der Waals surface area contributed by atoms with Crippen molar-refractivity contribution in [2.45, 2.75) is 45.4 Å². The lowest BCUT2D eigenvalue weighted by Gasteiger charge is -2.17. The van der Waals surface area contributed by atoms with Crippen molar-refractivity contribution in [3.8, 4) is 0 Å². The third-order valence-electron chi connectivity index (χ3n) is 4.59. The Balaban J connectivity index is 1.74. The van der Waals surface area contributed by atoms with Crippen LogP contribution in [0, 0.1) is 5.92 Å². The van der Waals surface area contributed by atoms with Crippen molar-refractivity contribution >= 4 is 12.0 Å². The van der Waals surface area contributed by atoms with Gasteiger partial charge in [0.05, 0.1) is 0 Å². The third-order valence-corrected chi connectivity index (χ3v) is 4.59. The molecule has 24 heavy (non-hydrogen) atoms. The van der Waals surface area contributed by atoms with Crippen molar-refractivity contribution in [3.05, 3.63) is 35.4 Å². The first-order valence-corrected chi connectivity index (χ1v) is 8.79. The Kier molecular flexibility index (Phi) is 6.64. The van der Waals surface area contributed by atoms with Crippen molar-refractivity contribution < 1.29 is 14.7 Å². The van der Waals surface area contributed by atoms with E-state index >= 15 is 0 Å². The predicted octanol–water partition coefficient (Wildman–Crippen LogP) is 3.25. The van der Waals surface area contributed by atoms with E-state index in [2.05, 4.69) is 43.4 Å². The summed E-state index contributed by atoms with van der Waals surface area (Å²) in [4.78, 5) is 24.4. The Morgan fingerprint density at radius 2 is 2.00 bits per heavy atom. The van der Waals surface area contributed by atoms with Crippen LogP contribution < -0.4 is 5.32 Å². The van der Waals surface area contributed by atoms with Gasteiger partial charge in [-0.05, 0) is 42.2 Å². The second-order valence-electron chi connectivity index (χ2n) is 6.93. The van der Waals surface area contributed by atoms with Crippen LogP contribution in [0.3, 0.4) is 0 Å². The summed E-state index contributed by atoms with van der Waals surface area (Å²) in [5.74, 6) is 0.222. The molecule has 1 unspecified atom stereocenters. The molecule has 2 N–H and O–H groups in total. The Bertz CT molecular complexity index is 554. The van der Waals surface area contributed by atoms with Gasteiger partial charge in [0.2, 0.25) is 0 Å². The van der Waals surface area contributed by atoms with Crippen molar-refractivity contribution in [2.75, 3.05) is 19.6 Å². The maximum atomic E-state index is 12.1. The van der Waals surface area contributed by atoms with Crippen molar-refractivity contribution in [1.82, 2.24) is 10.2 Å². The minimum atomic E-state index is -0.825. The van der Waals surface area contributed by atoms with E-state index in [0.717, 1.165) is 25.9 Å². The maximum absolute atomic E-state index is 12.1. The largest absolute Gasteiger partial charge is 0.481 e. The third kappa shape index (κ3) is 5.55. The van der Waals surface area contributed by atoms with Gasteiger partial charge in [-0.25, -0.2) is 4.79 Å². The van der Waals surface area contributed by atoms with E-state index in [1.54, 1.807) is 0 Å². The van der Waals surface area contributed by atoms with Crippen molar-refractivity contribution in [3.63, 3.8) is 0 Å². The lowest BCUT2D eigenvalue weighted by molar-refractivity contribution is -0.137. The van der Waals surface area contributed by atoms with Crippen LogP contribution in [0.15, 0.2) is 24.3 Å². The summed E-state index contributed by atoms with van der Waals surface area (Å²) in [5.41, 5.74) is 2.68. The number of nitrogens with zero attached hydrogens (tertiary/aromatic N) is 1. The minimum Gasteiger partial charge on any atom is -0.481 e. The van der Waals surface area contributed by atoms with E-state index in [0.29, 0.717) is 24.8 Å². The molecule has 132 valence electrons. The number of carbonyl (C=O) groups excluding carboxylic acids is 1. The van der Waals surface area contributed by atoms with Gasteiger partial charge in [0.15, 0.2) is 0 Å². The molecule has 5 nitrogen and oxygen atoms in total. The van der Waals surface area contributed by atoms with E-state index < -0.39 is 5.97 Å². The van der Waals surface area contributed by atoms with Gasteiger partial charge in [0.1, 0.15) is 0 Å². The Hall–Kier alpha value is -2.04. The van der Waals surface area contributed by atoms with Gasteiger partial charge in [-0.3, -0.25) is 4.79 Å². The molecule has 1 aliphatic rings. The average Bonchev–Trinajstić information content (AvgIpc) is 3.00. The molecule has 2 amide bonds. The number of rotatable bonds is 7. The summed E-state index contributed by atoms with van der Waals surface area (Å²) in [6, 6.07) is 8.72. The fourth-order valence-electron chi connectivity index (χ4n) is 3.10. The summed E-state index contributed by atoms with van der Waals surface area (Å²) in [5, 5.41) is 11.4. The van der Waals surface area contributed by atoms with Crippen LogP contribution >= 0.6 is 0 Å². The first-order valence-electron chi connectivity index (χ1n) is 8.79. The molecule has 0 aromatic heterocycles. The summed E-state index contributed by atoms with van der Waals surface area (Å²) in [7, 11) is 0. The zero-order valence-electron chi connectivity index (χ0n) is 14.6. The second kappa shape index (κ2) is 8.71. The van der Waals surface area contributed by atoms with Crippen LogP contribution in [0.5, 0.6) is 0 Å². The van der Waals surface area contributed by atoms with Crippen LogP contribution in [0.25, 0.3) is 0 Å². The van der Waals surface area contributed by atoms with Crippen LogP contribution in [-0.2, 0) is 11.2 Å². The molecule has 2 rings (SSSR count). The molecule has 1 aromatic rings. The number of carboxylic acid groups (broad SMARTS) is 1. The highest BCUT2D eigenvalue weighted by Gasteiger charge is 2.26. The van der Waals surface area contributed by atoms with Gasteiger partial charge in [0, 0.05) is 26.1 Å². The lowest BCUT2D eigenvalue weighted by atomic mass is 9.96. The summed E-state index contributed by atoms with van der Waals surface area (Å²) >= 11 is 0. The summed E-state index contributed by atoms with van der Waals surface area (Å²) in [6.07, 6.45) is 2.59. The molecule has 5 heteroatoms. The Morgan fingerprint density at radius 1 is 1.29 bits per heavy atom. The van der Waals surface area contributed by atoms with Crippen LogP contribution in [0.4, 0.5) is 4.79 Å². The average molecular weight is 332 g/mol. The van der Waals surface area contributed by atoms with Crippen molar-refractivity contribution in [1.29, 1.82) is 0 Å². The highest BCUT2D eigenvalue weighted by Crippen LogP contribution is 2.22. The Labute approximate surface area is 144 Å². The predicted molar refractivity (Wildman–Crippen MR) is 94.2 cm³/mol. The number of hydrogen-bond acceptors (Lipinski definition) is 2. The number of benzene rings is 1. The summed E-state index contributed by atoms with van der Waals surface area (Å²) in [6.45, 7) is 6.36. The molecule has 0 aliphatic carbocycles. The number of amides is 2. The molecular weight excluding hydrogens is 304 g/mol. The van der Waals surface area contributed by atoms with Crippen molar-refractivity contribution in [2.24, 2.45) is 5.92 Å². The SMILES string of the molecule is CC(C)c1ccc(CC2CCN(C(=O)NCCCC(=O)O)C2)cc1. The Morgan fingerprint density at radius 3 is 2.62 bits per heavy atom. The quantitative estimate of drug-likeness (QED) is 0.753.